The third-order valence-electron chi connectivity index (χ3n) is 5.48. The molecule has 1 N–H and O–H groups in total. The van der Waals surface area contributed by atoms with E-state index in [1.807, 2.05) is 19.9 Å². The van der Waals surface area contributed by atoms with Gasteiger partial charge in [0.25, 0.3) is 5.91 Å². The number of aliphatic hydroxyl groups is 1. The van der Waals surface area contributed by atoms with Gasteiger partial charge in [0.2, 0.25) is 5.76 Å². The van der Waals surface area contributed by atoms with Gasteiger partial charge in [0.1, 0.15) is 5.58 Å². The molecule has 0 spiro atoms. The van der Waals surface area contributed by atoms with Crippen LogP contribution in [0.5, 0.6) is 11.5 Å². The molecule has 156 valence electrons. The molecule has 0 saturated carbocycles. The van der Waals surface area contributed by atoms with E-state index in [0.29, 0.717) is 28.0 Å². The minimum atomic E-state index is -0.694. The summed E-state index contributed by atoms with van der Waals surface area (Å²) < 4.78 is 16.7. The normalized spacial score (nSPS) is 15.6. The van der Waals surface area contributed by atoms with Crippen molar-refractivity contribution in [3.63, 3.8) is 0 Å². The Bertz CT molecular complexity index is 1210. The Morgan fingerprint density at radius 2 is 1.80 bits per heavy atom. The molecule has 0 saturated heterocycles. The number of benzene rings is 2. The molecule has 7 heteroatoms. The predicted octanol–water partition coefficient (Wildman–Crippen LogP) is 2.96. The first kappa shape index (κ1) is 20.0. The Morgan fingerprint density at radius 3 is 2.47 bits per heavy atom. The first-order valence-corrected chi connectivity index (χ1v) is 9.63. The van der Waals surface area contributed by atoms with Gasteiger partial charge in [-0.25, -0.2) is 0 Å². The lowest BCUT2D eigenvalue weighted by atomic mass is 9.96. The fraction of sp³-hybridized carbons (Fsp3) is 0.304. The van der Waals surface area contributed by atoms with Gasteiger partial charge in [0.05, 0.1) is 37.8 Å². The fourth-order valence-corrected chi connectivity index (χ4v) is 4.22. The minimum Gasteiger partial charge on any atom is -0.493 e. The molecule has 1 aromatic heterocycles. The van der Waals surface area contributed by atoms with Crippen molar-refractivity contribution in [2.75, 3.05) is 27.4 Å². The van der Waals surface area contributed by atoms with Crippen LogP contribution in [0.1, 0.15) is 38.9 Å². The molecular weight excluding hydrogens is 386 g/mol. The zero-order valence-electron chi connectivity index (χ0n) is 17.3. The average molecular weight is 409 g/mol. The largest absolute Gasteiger partial charge is 0.493 e. The third-order valence-corrected chi connectivity index (χ3v) is 5.48. The Balaban J connectivity index is 2.01. The maximum atomic E-state index is 13.6. The van der Waals surface area contributed by atoms with E-state index < -0.39 is 11.9 Å². The fourth-order valence-electron chi connectivity index (χ4n) is 4.22. The first-order valence-electron chi connectivity index (χ1n) is 9.63. The van der Waals surface area contributed by atoms with Gasteiger partial charge in [-0.15, -0.1) is 0 Å². The van der Waals surface area contributed by atoms with Gasteiger partial charge < -0.3 is 23.9 Å². The van der Waals surface area contributed by atoms with Crippen molar-refractivity contribution in [2.45, 2.75) is 19.9 Å². The topological polar surface area (TPSA) is 89.2 Å². The monoisotopic (exact) mass is 409 g/mol. The van der Waals surface area contributed by atoms with Crippen LogP contribution in [0.4, 0.5) is 0 Å². The summed E-state index contributed by atoms with van der Waals surface area (Å²) in [5, 5.41) is 10.0. The summed E-state index contributed by atoms with van der Waals surface area (Å²) in [5.74, 6) is 0.621. The van der Waals surface area contributed by atoms with Crippen molar-refractivity contribution in [3.8, 4) is 11.5 Å². The number of nitrogens with zero attached hydrogens (tertiary/aromatic N) is 1. The molecule has 7 nitrogen and oxygen atoms in total. The zero-order chi connectivity index (χ0) is 21.6. The van der Waals surface area contributed by atoms with Crippen molar-refractivity contribution >= 4 is 16.9 Å². The highest BCUT2D eigenvalue weighted by Crippen LogP contribution is 2.41. The summed E-state index contributed by atoms with van der Waals surface area (Å²) >= 11 is 0. The lowest BCUT2D eigenvalue weighted by Crippen LogP contribution is -2.32. The van der Waals surface area contributed by atoms with Crippen LogP contribution >= 0.6 is 0 Å². The Hall–Kier alpha value is -3.32. The zero-order valence-corrected chi connectivity index (χ0v) is 17.3. The molecule has 0 aliphatic carbocycles. The molecule has 1 atom stereocenters. The van der Waals surface area contributed by atoms with E-state index in [-0.39, 0.29) is 29.9 Å². The predicted molar refractivity (Wildman–Crippen MR) is 111 cm³/mol. The summed E-state index contributed by atoms with van der Waals surface area (Å²) in [6.45, 7) is 3.59. The molecule has 2 aromatic carbocycles. The molecule has 2 heterocycles. The molecule has 1 aliphatic heterocycles. The molecular formula is C23H23NO6. The Morgan fingerprint density at radius 1 is 1.07 bits per heavy atom. The highest BCUT2D eigenvalue weighted by atomic mass is 16.5. The Kier molecular flexibility index (Phi) is 4.99. The molecule has 4 rings (SSSR count). The molecule has 30 heavy (non-hydrogen) atoms. The van der Waals surface area contributed by atoms with Crippen LogP contribution < -0.4 is 14.9 Å². The number of ether oxygens (including phenoxy) is 2. The highest BCUT2D eigenvalue weighted by molar-refractivity contribution is 5.99. The second-order valence-electron chi connectivity index (χ2n) is 7.37. The number of fused-ring (bicyclic) bond motifs is 2. The van der Waals surface area contributed by atoms with Gasteiger partial charge in [0, 0.05) is 6.54 Å². The second-order valence-corrected chi connectivity index (χ2v) is 7.37. The molecule has 0 radical (unpaired) electrons. The van der Waals surface area contributed by atoms with Crippen LogP contribution in [0.3, 0.4) is 0 Å². The number of carbonyl (C=O) groups is 1. The first-order chi connectivity index (χ1) is 14.4. The minimum absolute atomic E-state index is 0.0192. The van der Waals surface area contributed by atoms with E-state index in [1.54, 1.807) is 24.3 Å². The van der Waals surface area contributed by atoms with Crippen LogP contribution in [-0.2, 0) is 0 Å². The number of carbonyl (C=O) groups excluding carboxylic acids is 1. The highest BCUT2D eigenvalue weighted by Gasteiger charge is 2.42. The lowest BCUT2D eigenvalue weighted by molar-refractivity contribution is 0.0691. The number of methoxy groups -OCH3 is 2. The van der Waals surface area contributed by atoms with E-state index in [2.05, 4.69) is 0 Å². The maximum absolute atomic E-state index is 13.6. The molecule has 0 fully saturated rings. The number of aliphatic hydroxyl groups excluding tert-OH is 1. The third kappa shape index (κ3) is 2.93. The molecule has 1 amide bonds. The summed E-state index contributed by atoms with van der Waals surface area (Å²) in [6.07, 6.45) is 0. The van der Waals surface area contributed by atoms with Crippen LogP contribution in [0.15, 0.2) is 39.5 Å². The van der Waals surface area contributed by atoms with Crippen molar-refractivity contribution in [1.29, 1.82) is 0 Å². The van der Waals surface area contributed by atoms with E-state index in [4.69, 9.17) is 13.9 Å². The van der Waals surface area contributed by atoms with Crippen molar-refractivity contribution in [1.82, 2.24) is 4.90 Å². The number of β-amino-alcohol motifs (C(OH)–C–C–N with tert-alkyl or cyclic N) is 1. The molecule has 0 unspecified atom stereocenters. The summed E-state index contributed by atoms with van der Waals surface area (Å²) in [7, 11) is 3.06. The van der Waals surface area contributed by atoms with Crippen LogP contribution in [0.2, 0.25) is 0 Å². The molecule has 0 bridgehead atoms. The smallest absolute Gasteiger partial charge is 0.290 e. The quantitative estimate of drug-likeness (QED) is 0.697. The number of hydrogen-bond acceptors (Lipinski definition) is 6. The van der Waals surface area contributed by atoms with E-state index in [0.717, 1.165) is 11.1 Å². The van der Waals surface area contributed by atoms with E-state index in [1.165, 1.54) is 19.1 Å². The number of amides is 1. The molecule has 1 aliphatic rings. The second kappa shape index (κ2) is 7.50. The lowest BCUT2D eigenvalue weighted by Gasteiger charge is -2.25. The van der Waals surface area contributed by atoms with Crippen molar-refractivity contribution in [2.24, 2.45) is 0 Å². The van der Waals surface area contributed by atoms with Gasteiger partial charge >= 0.3 is 0 Å². The summed E-state index contributed by atoms with van der Waals surface area (Å²) in [5.41, 5.74) is 2.83. The van der Waals surface area contributed by atoms with Crippen molar-refractivity contribution < 1.29 is 23.8 Å². The van der Waals surface area contributed by atoms with Crippen LogP contribution in [0.25, 0.3) is 11.0 Å². The van der Waals surface area contributed by atoms with Crippen LogP contribution in [0, 0.1) is 13.8 Å². The summed E-state index contributed by atoms with van der Waals surface area (Å²) in [4.78, 5) is 28.1. The van der Waals surface area contributed by atoms with E-state index in [9.17, 15) is 14.7 Å². The van der Waals surface area contributed by atoms with Gasteiger partial charge in [-0.1, -0.05) is 12.1 Å². The average Bonchev–Trinajstić information content (AvgIpc) is 2.99. The van der Waals surface area contributed by atoms with Gasteiger partial charge in [-0.3, -0.25) is 9.59 Å². The summed E-state index contributed by atoms with van der Waals surface area (Å²) in [6, 6.07) is 8.23. The van der Waals surface area contributed by atoms with Crippen molar-refractivity contribution in [3.05, 3.63) is 68.6 Å². The maximum Gasteiger partial charge on any atom is 0.290 e. The number of aryl methyl sites for hydroxylation is 2. The Labute approximate surface area is 173 Å². The SMILES string of the molecule is COc1ccc([C@H]2c3c(oc4cc(C)cc(C)c4c3=O)C(=O)N2CCO)cc1OC. The standard InChI is InChI=1S/C23H23NO6/c1-12-9-13(2)18-17(10-12)30-22-19(21(18)26)20(24(7-8-25)23(22)27)14-5-6-15(28-3)16(11-14)29-4/h5-6,9-11,20,25H,7-8H2,1-4H3/t20-/m0/s1. The van der Waals surface area contributed by atoms with E-state index >= 15 is 0 Å². The number of rotatable bonds is 5. The number of hydrogen-bond donors (Lipinski definition) is 1. The van der Waals surface area contributed by atoms with Crippen LogP contribution in [-0.4, -0.2) is 43.3 Å². The van der Waals surface area contributed by atoms with Gasteiger partial charge in [-0.2, -0.15) is 0 Å². The molecule has 3 aromatic rings. The van der Waals surface area contributed by atoms with Gasteiger partial charge in [0.15, 0.2) is 16.9 Å². The van der Waals surface area contributed by atoms with Gasteiger partial charge in [-0.05, 0) is 48.7 Å².